The predicted octanol–water partition coefficient (Wildman–Crippen LogP) is 3.05. The Bertz CT molecular complexity index is 348. The summed E-state index contributed by atoms with van der Waals surface area (Å²) in [7, 11) is 2.28. The molecule has 1 aromatic rings. The molecule has 1 N–H and O–H groups in total. The van der Waals surface area contributed by atoms with Crippen LogP contribution in [0.4, 0.5) is 0 Å². The monoisotopic (exact) mass is 252 g/mol. The van der Waals surface area contributed by atoms with Crippen LogP contribution in [0.5, 0.6) is 0 Å². The van der Waals surface area contributed by atoms with E-state index in [0.717, 1.165) is 19.0 Å². The quantitative estimate of drug-likeness (QED) is 0.886. The Labute approximate surface area is 109 Å². The van der Waals surface area contributed by atoms with E-state index in [1.54, 1.807) is 4.88 Å². The van der Waals surface area contributed by atoms with Crippen molar-refractivity contribution in [2.75, 3.05) is 26.7 Å². The summed E-state index contributed by atoms with van der Waals surface area (Å²) in [6, 6.07) is 2.88. The van der Waals surface area contributed by atoms with Gasteiger partial charge < -0.3 is 5.32 Å². The SMILES string of the molecule is CCNCC1CCCN(C)C1c1sccc1C. The molecule has 0 bridgehead atoms. The van der Waals surface area contributed by atoms with E-state index in [1.807, 2.05) is 11.3 Å². The van der Waals surface area contributed by atoms with Gasteiger partial charge in [0.25, 0.3) is 0 Å². The zero-order valence-electron chi connectivity index (χ0n) is 11.2. The fraction of sp³-hybridized carbons (Fsp3) is 0.714. The molecule has 2 rings (SSSR count). The van der Waals surface area contributed by atoms with Crippen LogP contribution in [-0.4, -0.2) is 31.6 Å². The van der Waals surface area contributed by atoms with E-state index < -0.39 is 0 Å². The van der Waals surface area contributed by atoms with Gasteiger partial charge in [-0.1, -0.05) is 6.92 Å². The van der Waals surface area contributed by atoms with Crippen LogP contribution in [0.1, 0.15) is 36.2 Å². The first-order valence-electron chi connectivity index (χ1n) is 6.69. The first kappa shape index (κ1) is 13.1. The second-order valence-electron chi connectivity index (χ2n) is 5.10. The van der Waals surface area contributed by atoms with Gasteiger partial charge in [-0.25, -0.2) is 0 Å². The Morgan fingerprint density at radius 1 is 1.53 bits per heavy atom. The molecule has 1 fully saturated rings. The zero-order chi connectivity index (χ0) is 12.3. The first-order chi connectivity index (χ1) is 8.24. The van der Waals surface area contributed by atoms with Crippen molar-refractivity contribution >= 4 is 11.3 Å². The Balaban J connectivity index is 2.16. The highest BCUT2D eigenvalue weighted by molar-refractivity contribution is 7.10. The molecule has 1 aliphatic rings. The van der Waals surface area contributed by atoms with Crippen LogP contribution in [0.15, 0.2) is 11.4 Å². The molecule has 1 aliphatic heterocycles. The summed E-state index contributed by atoms with van der Waals surface area (Å²) >= 11 is 1.93. The van der Waals surface area contributed by atoms with Gasteiger partial charge in [0, 0.05) is 10.9 Å². The molecule has 0 aromatic carbocycles. The lowest BCUT2D eigenvalue weighted by molar-refractivity contribution is 0.122. The Hall–Kier alpha value is -0.380. The van der Waals surface area contributed by atoms with Crippen molar-refractivity contribution in [1.29, 1.82) is 0 Å². The maximum Gasteiger partial charge on any atom is 0.0481 e. The standard InChI is InChI=1S/C14H24N2S/c1-4-15-10-12-6-5-8-16(3)13(12)14-11(2)7-9-17-14/h7,9,12-13,15H,4-6,8,10H2,1-3H3. The molecule has 2 nitrogen and oxygen atoms in total. The predicted molar refractivity (Wildman–Crippen MR) is 75.7 cm³/mol. The summed E-state index contributed by atoms with van der Waals surface area (Å²) in [6.07, 6.45) is 2.70. The molecule has 17 heavy (non-hydrogen) atoms. The lowest BCUT2D eigenvalue weighted by Gasteiger charge is -2.39. The topological polar surface area (TPSA) is 15.3 Å². The van der Waals surface area contributed by atoms with Crippen LogP contribution in [0.2, 0.25) is 0 Å². The number of nitrogens with one attached hydrogen (secondary N) is 1. The highest BCUT2D eigenvalue weighted by Crippen LogP contribution is 2.38. The second-order valence-corrected chi connectivity index (χ2v) is 6.05. The second kappa shape index (κ2) is 5.98. The van der Waals surface area contributed by atoms with E-state index in [0.29, 0.717) is 6.04 Å². The lowest BCUT2D eigenvalue weighted by atomic mass is 9.87. The average molecular weight is 252 g/mol. The van der Waals surface area contributed by atoms with Crippen molar-refractivity contribution in [3.05, 3.63) is 21.9 Å². The molecule has 1 saturated heterocycles. The summed E-state index contributed by atoms with van der Waals surface area (Å²) in [5.41, 5.74) is 1.47. The third kappa shape index (κ3) is 2.90. The van der Waals surface area contributed by atoms with Crippen LogP contribution < -0.4 is 5.32 Å². The van der Waals surface area contributed by atoms with Gasteiger partial charge in [0.2, 0.25) is 0 Å². The Morgan fingerprint density at radius 2 is 2.35 bits per heavy atom. The minimum absolute atomic E-state index is 0.628. The average Bonchev–Trinajstić information content (AvgIpc) is 2.73. The molecular weight excluding hydrogens is 228 g/mol. The largest absolute Gasteiger partial charge is 0.317 e. The number of hydrogen-bond acceptors (Lipinski definition) is 3. The highest BCUT2D eigenvalue weighted by Gasteiger charge is 2.31. The van der Waals surface area contributed by atoms with Gasteiger partial charge in [0.05, 0.1) is 0 Å². The smallest absolute Gasteiger partial charge is 0.0481 e. The first-order valence-corrected chi connectivity index (χ1v) is 7.57. The third-order valence-electron chi connectivity index (χ3n) is 3.83. The maximum atomic E-state index is 3.53. The van der Waals surface area contributed by atoms with Crippen molar-refractivity contribution in [3.8, 4) is 0 Å². The van der Waals surface area contributed by atoms with Crippen molar-refractivity contribution < 1.29 is 0 Å². The van der Waals surface area contributed by atoms with Gasteiger partial charge in [-0.05, 0) is 69.4 Å². The van der Waals surface area contributed by atoms with E-state index in [1.165, 1.54) is 24.9 Å². The normalized spacial score (nSPS) is 26.3. The maximum absolute atomic E-state index is 3.53. The van der Waals surface area contributed by atoms with E-state index >= 15 is 0 Å². The number of nitrogens with zero attached hydrogens (tertiary/aromatic N) is 1. The zero-order valence-corrected chi connectivity index (χ0v) is 12.0. The van der Waals surface area contributed by atoms with E-state index in [4.69, 9.17) is 0 Å². The summed E-state index contributed by atoms with van der Waals surface area (Å²) < 4.78 is 0. The summed E-state index contributed by atoms with van der Waals surface area (Å²) in [6.45, 7) is 7.92. The van der Waals surface area contributed by atoms with E-state index in [9.17, 15) is 0 Å². The molecule has 1 aromatic heterocycles. The summed E-state index contributed by atoms with van der Waals surface area (Å²) in [4.78, 5) is 4.12. The van der Waals surface area contributed by atoms with Crippen LogP contribution in [0.3, 0.4) is 0 Å². The Kier molecular flexibility index (Phi) is 4.60. The van der Waals surface area contributed by atoms with E-state index in [2.05, 4.69) is 42.6 Å². The molecule has 0 spiro atoms. The van der Waals surface area contributed by atoms with Crippen molar-refractivity contribution in [2.45, 2.75) is 32.7 Å². The third-order valence-corrected chi connectivity index (χ3v) is 4.92. The van der Waals surface area contributed by atoms with Crippen molar-refractivity contribution in [2.24, 2.45) is 5.92 Å². The fourth-order valence-electron chi connectivity index (χ4n) is 2.90. The van der Waals surface area contributed by atoms with Gasteiger partial charge >= 0.3 is 0 Å². The minimum Gasteiger partial charge on any atom is -0.317 e. The molecule has 2 atom stereocenters. The van der Waals surface area contributed by atoms with Crippen molar-refractivity contribution in [3.63, 3.8) is 0 Å². The van der Waals surface area contributed by atoms with Crippen LogP contribution >= 0.6 is 11.3 Å². The molecule has 0 amide bonds. The lowest BCUT2D eigenvalue weighted by Crippen LogP contribution is -2.40. The molecular formula is C14H24N2S. The number of likely N-dealkylation sites (tertiary alicyclic amines) is 1. The molecule has 2 unspecified atom stereocenters. The summed E-state index contributed by atoms with van der Waals surface area (Å²) in [5, 5.41) is 5.76. The number of hydrogen-bond donors (Lipinski definition) is 1. The van der Waals surface area contributed by atoms with Gasteiger partial charge in [-0.3, -0.25) is 4.90 Å². The molecule has 2 heterocycles. The van der Waals surface area contributed by atoms with Gasteiger partial charge in [0.15, 0.2) is 0 Å². The van der Waals surface area contributed by atoms with E-state index in [-0.39, 0.29) is 0 Å². The van der Waals surface area contributed by atoms with Crippen molar-refractivity contribution in [1.82, 2.24) is 10.2 Å². The van der Waals surface area contributed by atoms with Crippen LogP contribution in [0, 0.1) is 12.8 Å². The number of rotatable bonds is 4. The summed E-state index contributed by atoms with van der Waals surface area (Å²) in [5.74, 6) is 0.769. The molecule has 0 aliphatic carbocycles. The molecule has 0 saturated carbocycles. The van der Waals surface area contributed by atoms with Gasteiger partial charge in [0.1, 0.15) is 0 Å². The van der Waals surface area contributed by atoms with Crippen LogP contribution in [0.25, 0.3) is 0 Å². The van der Waals surface area contributed by atoms with Gasteiger partial charge in [-0.2, -0.15) is 0 Å². The molecule has 96 valence electrons. The fourth-order valence-corrected chi connectivity index (χ4v) is 4.09. The number of piperidine rings is 1. The Morgan fingerprint density at radius 3 is 3.00 bits per heavy atom. The number of thiophene rings is 1. The number of aryl methyl sites for hydroxylation is 1. The van der Waals surface area contributed by atoms with Crippen LogP contribution in [-0.2, 0) is 0 Å². The molecule has 0 radical (unpaired) electrons. The van der Waals surface area contributed by atoms with Gasteiger partial charge in [-0.15, -0.1) is 11.3 Å². The molecule has 3 heteroatoms. The highest BCUT2D eigenvalue weighted by atomic mass is 32.1. The minimum atomic E-state index is 0.628.